The highest BCUT2D eigenvalue weighted by molar-refractivity contribution is 5.26. The fourth-order valence-electron chi connectivity index (χ4n) is 1.77. The molecule has 0 spiro atoms. The van der Waals surface area contributed by atoms with Gasteiger partial charge in [-0.1, -0.05) is 24.3 Å². The number of nitrogens with zero attached hydrogens (tertiary/aromatic N) is 1. The maximum Gasteiger partial charge on any atom is 0.0720 e. The van der Waals surface area contributed by atoms with Crippen molar-refractivity contribution in [2.75, 3.05) is 20.7 Å². The first-order chi connectivity index (χ1) is 9.62. The molecule has 0 amide bonds. The highest BCUT2D eigenvalue weighted by Gasteiger charge is 2.20. The number of rotatable bonds is 7. The average molecular weight is 292 g/mol. The predicted molar refractivity (Wildman–Crippen MR) is 90.5 cm³/mol. The molecule has 1 N–H and O–H groups in total. The molecule has 21 heavy (non-hydrogen) atoms. The van der Waals surface area contributed by atoms with Crippen LogP contribution >= 0.6 is 0 Å². The Kier molecular flexibility index (Phi) is 6.39. The van der Waals surface area contributed by atoms with Crippen molar-refractivity contribution in [1.29, 1.82) is 0 Å². The molecule has 0 aliphatic heterocycles. The summed E-state index contributed by atoms with van der Waals surface area (Å²) in [6.07, 6.45) is 0. The summed E-state index contributed by atoms with van der Waals surface area (Å²) < 4.78 is 5.95. The van der Waals surface area contributed by atoms with Crippen LogP contribution < -0.4 is 5.32 Å². The zero-order valence-electron chi connectivity index (χ0n) is 14.8. The van der Waals surface area contributed by atoms with E-state index in [1.54, 1.807) is 0 Å². The second-order valence-electron chi connectivity index (χ2n) is 7.57. The number of ether oxygens (including phenoxy) is 1. The van der Waals surface area contributed by atoms with E-state index in [0.29, 0.717) is 6.61 Å². The Morgan fingerprint density at radius 1 is 1.00 bits per heavy atom. The van der Waals surface area contributed by atoms with Crippen LogP contribution in [0.3, 0.4) is 0 Å². The van der Waals surface area contributed by atoms with Crippen molar-refractivity contribution in [3.8, 4) is 0 Å². The maximum absolute atomic E-state index is 5.95. The van der Waals surface area contributed by atoms with Crippen LogP contribution in [0.1, 0.15) is 45.7 Å². The summed E-state index contributed by atoms with van der Waals surface area (Å²) in [5, 5.41) is 3.54. The fourth-order valence-corrected chi connectivity index (χ4v) is 1.77. The highest BCUT2D eigenvalue weighted by atomic mass is 16.5. The number of nitrogens with one attached hydrogen (secondary N) is 1. The first-order valence-electron chi connectivity index (χ1n) is 7.69. The number of benzene rings is 1. The van der Waals surface area contributed by atoms with Crippen LogP contribution in [0.15, 0.2) is 24.3 Å². The smallest absolute Gasteiger partial charge is 0.0720 e. The van der Waals surface area contributed by atoms with E-state index in [1.807, 2.05) is 0 Å². The lowest BCUT2D eigenvalue weighted by Gasteiger charge is -2.32. The molecule has 0 atom stereocenters. The molecule has 3 heteroatoms. The monoisotopic (exact) mass is 292 g/mol. The maximum atomic E-state index is 5.95. The summed E-state index contributed by atoms with van der Waals surface area (Å²) in [6.45, 7) is 13.2. The SMILES string of the molecule is CN(C)C(C)(C)COCc1ccccc1CNC(C)(C)C. The molecule has 0 aromatic heterocycles. The third-order valence-electron chi connectivity index (χ3n) is 3.85. The predicted octanol–water partition coefficient (Wildman–Crippen LogP) is 3.43. The minimum Gasteiger partial charge on any atom is -0.375 e. The third kappa shape index (κ3) is 6.60. The number of likely N-dealkylation sites (N-methyl/N-ethyl adjacent to an activating group) is 1. The van der Waals surface area contributed by atoms with Gasteiger partial charge in [-0.05, 0) is 59.8 Å². The topological polar surface area (TPSA) is 24.5 Å². The van der Waals surface area contributed by atoms with E-state index in [-0.39, 0.29) is 11.1 Å². The van der Waals surface area contributed by atoms with Gasteiger partial charge in [-0.15, -0.1) is 0 Å². The van der Waals surface area contributed by atoms with Gasteiger partial charge in [-0.2, -0.15) is 0 Å². The first kappa shape index (κ1) is 18.1. The normalized spacial score (nSPS) is 13.0. The van der Waals surface area contributed by atoms with Gasteiger partial charge < -0.3 is 15.0 Å². The van der Waals surface area contributed by atoms with Crippen molar-refractivity contribution in [1.82, 2.24) is 10.2 Å². The second-order valence-corrected chi connectivity index (χ2v) is 7.57. The molecule has 1 aromatic carbocycles. The standard InChI is InChI=1S/C18H32N2O/c1-17(2,3)19-12-15-10-8-9-11-16(15)13-21-14-18(4,5)20(6)7/h8-11,19H,12-14H2,1-7H3. The van der Waals surface area contributed by atoms with Crippen LogP contribution in [0, 0.1) is 0 Å². The summed E-state index contributed by atoms with van der Waals surface area (Å²) in [4.78, 5) is 2.19. The van der Waals surface area contributed by atoms with E-state index in [9.17, 15) is 0 Å². The average Bonchev–Trinajstić information content (AvgIpc) is 2.36. The van der Waals surface area contributed by atoms with Gasteiger partial charge >= 0.3 is 0 Å². The lowest BCUT2D eigenvalue weighted by Crippen LogP contribution is -2.42. The van der Waals surface area contributed by atoms with E-state index in [4.69, 9.17) is 4.74 Å². The first-order valence-corrected chi connectivity index (χ1v) is 7.69. The molecule has 0 heterocycles. The highest BCUT2D eigenvalue weighted by Crippen LogP contribution is 2.15. The van der Waals surface area contributed by atoms with Crippen LogP contribution in [0.5, 0.6) is 0 Å². The molecule has 120 valence electrons. The zero-order chi connectivity index (χ0) is 16.1. The van der Waals surface area contributed by atoms with Gasteiger partial charge in [0, 0.05) is 17.6 Å². The lowest BCUT2D eigenvalue weighted by atomic mass is 10.0. The largest absolute Gasteiger partial charge is 0.375 e. The van der Waals surface area contributed by atoms with E-state index in [0.717, 1.165) is 13.2 Å². The van der Waals surface area contributed by atoms with Crippen LogP contribution in [0.4, 0.5) is 0 Å². The van der Waals surface area contributed by atoms with E-state index in [1.165, 1.54) is 11.1 Å². The van der Waals surface area contributed by atoms with Gasteiger partial charge in [-0.3, -0.25) is 0 Å². The molecule has 0 saturated carbocycles. The Hall–Kier alpha value is -0.900. The zero-order valence-corrected chi connectivity index (χ0v) is 14.8. The fraction of sp³-hybridized carbons (Fsp3) is 0.667. The Labute approximate surface area is 130 Å². The van der Waals surface area contributed by atoms with Crippen molar-refractivity contribution in [3.63, 3.8) is 0 Å². The van der Waals surface area contributed by atoms with Crippen molar-refractivity contribution in [3.05, 3.63) is 35.4 Å². The molecule has 0 aliphatic rings. The van der Waals surface area contributed by atoms with Gasteiger partial charge in [0.25, 0.3) is 0 Å². The van der Waals surface area contributed by atoms with Gasteiger partial charge in [0.15, 0.2) is 0 Å². The molecule has 0 fully saturated rings. The molecule has 1 rings (SSSR count). The molecule has 0 radical (unpaired) electrons. The molecular formula is C18H32N2O. The molecule has 0 unspecified atom stereocenters. The van der Waals surface area contributed by atoms with Gasteiger partial charge in [-0.25, -0.2) is 0 Å². The van der Waals surface area contributed by atoms with Crippen LogP contribution in [0.25, 0.3) is 0 Å². The van der Waals surface area contributed by atoms with Crippen molar-refractivity contribution in [2.45, 2.75) is 58.8 Å². The van der Waals surface area contributed by atoms with Crippen molar-refractivity contribution in [2.24, 2.45) is 0 Å². The molecular weight excluding hydrogens is 260 g/mol. The minimum atomic E-state index is 0.0542. The van der Waals surface area contributed by atoms with Gasteiger partial charge in [0.2, 0.25) is 0 Å². The van der Waals surface area contributed by atoms with Crippen LogP contribution in [-0.2, 0) is 17.9 Å². The minimum absolute atomic E-state index is 0.0542. The quantitative estimate of drug-likeness (QED) is 0.833. The van der Waals surface area contributed by atoms with E-state index < -0.39 is 0 Å². The summed E-state index contributed by atoms with van der Waals surface area (Å²) in [5.41, 5.74) is 2.76. The Morgan fingerprint density at radius 3 is 2.10 bits per heavy atom. The van der Waals surface area contributed by atoms with E-state index in [2.05, 4.69) is 83.2 Å². The number of hydrogen-bond donors (Lipinski definition) is 1. The Bertz CT molecular complexity index is 433. The Balaban J connectivity index is 2.59. The second kappa shape index (κ2) is 7.39. The third-order valence-corrected chi connectivity index (χ3v) is 3.85. The van der Waals surface area contributed by atoms with Crippen molar-refractivity contribution < 1.29 is 4.74 Å². The van der Waals surface area contributed by atoms with E-state index >= 15 is 0 Å². The molecule has 1 aromatic rings. The number of hydrogen-bond acceptors (Lipinski definition) is 3. The summed E-state index contributed by atoms with van der Waals surface area (Å²) >= 11 is 0. The summed E-state index contributed by atoms with van der Waals surface area (Å²) in [7, 11) is 4.18. The van der Waals surface area contributed by atoms with Gasteiger partial charge in [0.05, 0.1) is 13.2 Å². The van der Waals surface area contributed by atoms with Gasteiger partial charge in [0.1, 0.15) is 0 Å². The summed E-state index contributed by atoms with van der Waals surface area (Å²) in [5.74, 6) is 0. The lowest BCUT2D eigenvalue weighted by molar-refractivity contribution is 0.0272. The molecule has 0 aliphatic carbocycles. The molecule has 0 saturated heterocycles. The summed E-state index contributed by atoms with van der Waals surface area (Å²) in [6, 6.07) is 8.50. The van der Waals surface area contributed by atoms with Crippen LogP contribution in [-0.4, -0.2) is 36.7 Å². The molecule has 3 nitrogen and oxygen atoms in total. The Morgan fingerprint density at radius 2 is 1.57 bits per heavy atom. The van der Waals surface area contributed by atoms with Crippen molar-refractivity contribution >= 4 is 0 Å². The van der Waals surface area contributed by atoms with Crippen LogP contribution in [0.2, 0.25) is 0 Å². The molecule has 0 bridgehead atoms.